The van der Waals surface area contributed by atoms with E-state index in [1.807, 2.05) is 30.3 Å². The van der Waals surface area contributed by atoms with E-state index >= 15 is 0 Å². The molecular formula is C44H32N6. The van der Waals surface area contributed by atoms with Crippen molar-refractivity contribution < 1.29 is 0 Å². The minimum absolute atomic E-state index is 0.579. The molecular weight excluding hydrogens is 613 g/mol. The minimum Gasteiger partial charge on any atom is -0.399 e. The van der Waals surface area contributed by atoms with E-state index in [9.17, 15) is 0 Å². The van der Waals surface area contributed by atoms with Gasteiger partial charge in [-0.25, -0.2) is 9.97 Å². The zero-order valence-corrected chi connectivity index (χ0v) is 27.1. The van der Waals surface area contributed by atoms with Crippen LogP contribution in [-0.4, -0.2) is 19.9 Å². The average molecular weight is 645 g/mol. The zero-order valence-electron chi connectivity index (χ0n) is 27.1. The fraction of sp³-hybridized carbons (Fsp3) is 0. The molecule has 0 saturated heterocycles. The summed E-state index contributed by atoms with van der Waals surface area (Å²) in [6.45, 7) is 0. The van der Waals surface area contributed by atoms with E-state index in [1.165, 1.54) is 0 Å². The molecule has 2 aliphatic heterocycles. The van der Waals surface area contributed by atoms with Gasteiger partial charge in [-0.1, -0.05) is 97.1 Å². The molecule has 0 atom stereocenters. The van der Waals surface area contributed by atoms with Gasteiger partial charge in [0.15, 0.2) is 0 Å². The van der Waals surface area contributed by atoms with Crippen LogP contribution >= 0.6 is 0 Å². The van der Waals surface area contributed by atoms with Gasteiger partial charge in [0.25, 0.3) is 0 Å². The number of aromatic nitrogens is 4. The molecule has 0 aliphatic carbocycles. The second-order valence-corrected chi connectivity index (χ2v) is 12.4. The molecule has 3 aromatic heterocycles. The number of aromatic amines is 2. The maximum Gasteiger partial charge on any atom is 0.0738 e. The number of nitrogen functional groups attached to an aromatic ring is 2. The summed E-state index contributed by atoms with van der Waals surface area (Å²) in [6, 6.07) is 45.3. The maximum absolute atomic E-state index is 6.68. The molecule has 5 heterocycles. The van der Waals surface area contributed by atoms with Gasteiger partial charge in [-0.3, -0.25) is 0 Å². The number of nitrogens with zero attached hydrogens (tertiary/aromatic N) is 2. The van der Waals surface area contributed by atoms with Gasteiger partial charge in [0.2, 0.25) is 0 Å². The van der Waals surface area contributed by atoms with Crippen LogP contribution in [0.5, 0.6) is 0 Å². The Balaban J connectivity index is 1.49. The Hall–Kier alpha value is -6.92. The molecule has 0 saturated carbocycles. The Morgan fingerprint density at radius 1 is 0.380 bits per heavy atom. The number of nitrogens with two attached hydrogens (primary N) is 2. The highest BCUT2D eigenvalue weighted by molar-refractivity contribution is 6.01. The molecule has 7 aromatic rings. The van der Waals surface area contributed by atoms with Crippen LogP contribution in [0.4, 0.5) is 11.4 Å². The van der Waals surface area contributed by atoms with Crippen LogP contribution in [0, 0.1) is 0 Å². The lowest BCUT2D eigenvalue weighted by molar-refractivity contribution is 1.31. The highest BCUT2D eigenvalue weighted by Crippen LogP contribution is 2.39. The van der Waals surface area contributed by atoms with Crippen molar-refractivity contribution in [2.45, 2.75) is 0 Å². The third kappa shape index (κ3) is 5.07. The Kier molecular flexibility index (Phi) is 6.99. The smallest absolute Gasteiger partial charge is 0.0738 e. The molecule has 0 radical (unpaired) electrons. The molecule has 6 nitrogen and oxygen atoms in total. The van der Waals surface area contributed by atoms with Gasteiger partial charge < -0.3 is 21.4 Å². The van der Waals surface area contributed by atoms with Gasteiger partial charge in [0, 0.05) is 61.3 Å². The van der Waals surface area contributed by atoms with E-state index in [2.05, 4.69) is 131 Å². The monoisotopic (exact) mass is 644 g/mol. The van der Waals surface area contributed by atoms with Crippen molar-refractivity contribution >= 4 is 57.7 Å². The van der Waals surface area contributed by atoms with Crippen molar-refractivity contribution in [2.75, 3.05) is 11.5 Å². The molecule has 0 fully saturated rings. The molecule has 6 heteroatoms. The van der Waals surface area contributed by atoms with Crippen molar-refractivity contribution in [2.24, 2.45) is 0 Å². The Morgan fingerprint density at radius 3 is 1.12 bits per heavy atom. The zero-order chi connectivity index (χ0) is 33.6. The number of anilines is 2. The molecule has 0 spiro atoms. The summed E-state index contributed by atoms with van der Waals surface area (Å²) in [5.74, 6) is 0. The summed E-state index contributed by atoms with van der Waals surface area (Å²) in [6.07, 6.45) is 8.38. The van der Waals surface area contributed by atoms with Crippen LogP contribution in [0.3, 0.4) is 0 Å². The summed E-state index contributed by atoms with van der Waals surface area (Å²) in [7, 11) is 0. The second kappa shape index (κ2) is 12.0. The number of nitrogens with one attached hydrogen (secondary N) is 2. The minimum atomic E-state index is 0.579. The average Bonchev–Trinajstić information content (AvgIpc) is 3.98. The van der Waals surface area contributed by atoms with Crippen LogP contribution in [0.1, 0.15) is 22.8 Å². The van der Waals surface area contributed by atoms with E-state index in [4.69, 9.17) is 21.4 Å². The molecule has 4 aromatic carbocycles. The quantitative estimate of drug-likeness (QED) is 0.143. The molecule has 50 heavy (non-hydrogen) atoms. The number of hydrogen-bond acceptors (Lipinski definition) is 4. The highest BCUT2D eigenvalue weighted by Gasteiger charge is 2.19. The molecule has 8 bridgehead atoms. The fourth-order valence-electron chi connectivity index (χ4n) is 7.02. The second-order valence-electron chi connectivity index (χ2n) is 12.4. The largest absolute Gasteiger partial charge is 0.399 e. The Labute approximate surface area is 289 Å². The van der Waals surface area contributed by atoms with Crippen molar-refractivity contribution in [3.8, 4) is 44.5 Å². The summed E-state index contributed by atoms with van der Waals surface area (Å²) in [5, 5.41) is 0. The van der Waals surface area contributed by atoms with Crippen LogP contribution in [-0.2, 0) is 0 Å². The van der Waals surface area contributed by atoms with Gasteiger partial charge in [-0.15, -0.1) is 0 Å². The van der Waals surface area contributed by atoms with E-state index < -0.39 is 0 Å². The first kappa shape index (κ1) is 29.2. The number of H-pyrrole nitrogens is 2. The van der Waals surface area contributed by atoms with E-state index in [0.717, 1.165) is 89.4 Å². The topological polar surface area (TPSA) is 109 Å². The predicted molar refractivity (Wildman–Crippen MR) is 209 cm³/mol. The normalized spacial score (nSPS) is 12.0. The van der Waals surface area contributed by atoms with E-state index in [0.29, 0.717) is 11.4 Å². The van der Waals surface area contributed by atoms with Crippen molar-refractivity contribution in [3.63, 3.8) is 0 Å². The predicted octanol–water partition coefficient (Wildman–Crippen LogP) is 10.5. The van der Waals surface area contributed by atoms with Gasteiger partial charge in [-0.05, 0) is 77.4 Å². The molecule has 0 amide bonds. The van der Waals surface area contributed by atoms with Crippen molar-refractivity contribution in [1.29, 1.82) is 0 Å². The highest BCUT2D eigenvalue weighted by atomic mass is 14.8. The lowest BCUT2D eigenvalue weighted by Crippen LogP contribution is -1.95. The van der Waals surface area contributed by atoms with Gasteiger partial charge in [0.1, 0.15) is 0 Å². The number of rotatable bonds is 4. The van der Waals surface area contributed by atoms with Gasteiger partial charge in [0.05, 0.1) is 22.8 Å². The van der Waals surface area contributed by atoms with Crippen LogP contribution in [0.25, 0.3) is 90.9 Å². The van der Waals surface area contributed by atoms with Crippen molar-refractivity contribution in [1.82, 2.24) is 19.9 Å². The fourth-order valence-corrected chi connectivity index (χ4v) is 7.02. The summed E-state index contributed by atoms with van der Waals surface area (Å²) >= 11 is 0. The lowest BCUT2D eigenvalue weighted by Gasteiger charge is -2.09. The van der Waals surface area contributed by atoms with Crippen LogP contribution < -0.4 is 11.5 Å². The number of benzene rings is 4. The standard InChI is InChI=1S/C44H32N6/c45-30-16-17-31(32(46)26-30)44-39-24-22-37(49-39)42(28-12-6-2-7-13-28)35-20-18-33(47-35)41(27-10-4-1-5-11-27)34-19-21-36(48-34)43(29-14-8-3-9-15-29)38-23-25-40(44)50-38/h1-26,47,50H,45-46H2. The first-order valence-corrected chi connectivity index (χ1v) is 16.6. The molecule has 238 valence electrons. The van der Waals surface area contributed by atoms with Crippen molar-refractivity contribution in [3.05, 3.63) is 156 Å². The van der Waals surface area contributed by atoms with E-state index in [-0.39, 0.29) is 0 Å². The first-order valence-electron chi connectivity index (χ1n) is 16.6. The molecule has 9 rings (SSSR count). The first-order chi connectivity index (χ1) is 24.6. The SMILES string of the molecule is Nc1ccc(-c2c3nc(c(-c4ccccc4)c4ccc([nH]4)c(-c4ccccc4)c4nc(c(-c5ccccc5)c5ccc2[nH]5)C=C4)C=C3)c(N)c1. The number of hydrogen-bond donors (Lipinski definition) is 4. The lowest BCUT2D eigenvalue weighted by atomic mass is 10.0. The molecule has 6 N–H and O–H groups in total. The molecule has 2 aliphatic rings. The van der Waals surface area contributed by atoms with Gasteiger partial charge >= 0.3 is 0 Å². The van der Waals surface area contributed by atoms with Crippen LogP contribution in [0.15, 0.2) is 133 Å². The summed E-state index contributed by atoms with van der Waals surface area (Å²) in [5.41, 5.74) is 29.1. The molecule has 0 unspecified atom stereocenters. The number of fused-ring (bicyclic) bond motifs is 8. The summed E-state index contributed by atoms with van der Waals surface area (Å²) in [4.78, 5) is 18.2. The van der Waals surface area contributed by atoms with Gasteiger partial charge in [-0.2, -0.15) is 0 Å². The summed E-state index contributed by atoms with van der Waals surface area (Å²) < 4.78 is 0. The third-order valence-corrected chi connectivity index (χ3v) is 9.29. The van der Waals surface area contributed by atoms with Crippen LogP contribution in [0.2, 0.25) is 0 Å². The Bertz CT molecular complexity index is 2610. The van der Waals surface area contributed by atoms with E-state index in [1.54, 1.807) is 6.07 Å². The third-order valence-electron chi connectivity index (χ3n) is 9.29. The Morgan fingerprint density at radius 2 is 0.740 bits per heavy atom. The maximum atomic E-state index is 6.68.